The van der Waals surface area contributed by atoms with Crippen LogP contribution < -0.4 is 10.1 Å². The number of aromatic nitrogens is 3. The number of aromatic amines is 1. The molecule has 0 fully saturated rings. The highest BCUT2D eigenvalue weighted by Crippen LogP contribution is 2.22. The smallest absolute Gasteiger partial charge is 0.259 e. The minimum Gasteiger partial charge on any atom is -0.496 e. The Morgan fingerprint density at radius 1 is 1.21 bits per heavy atom. The Balaban J connectivity index is 1.80. The molecule has 24 heavy (non-hydrogen) atoms. The number of hydrogen-bond donors (Lipinski definition) is 2. The van der Waals surface area contributed by atoms with Crippen LogP contribution in [0.2, 0.25) is 0 Å². The van der Waals surface area contributed by atoms with E-state index in [0.717, 1.165) is 11.4 Å². The number of H-pyrrole nitrogens is 1. The maximum atomic E-state index is 12.4. The van der Waals surface area contributed by atoms with Crippen molar-refractivity contribution in [3.05, 3.63) is 58.9 Å². The molecule has 7 heteroatoms. The van der Waals surface area contributed by atoms with Crippen LogP contribution in [0.4, 0.5) is 5.69 Å². The van der Waals surface area contributed by atoms with Crippen molar-refractivity contribution in [2.45, 2.75) is 0 Å². The summed E-state index contributed by atoms with van der Waals surface area (Å²) in [4.78, 5) is 12.4. The molecular formula is C17H16N4O2S. The Morgan fingerprint density at radius 2 is 1.92 bits per heavy atom. The van der Waals surface area contributed by atoms with Crippen LogP contribution in [0.5, 0.6) is 5.75 Å². The van der Waals surface area contributed by atoms with E-state index < -0.39 is 0 Å². The average molecular weight is 340 g/mol. The summed E-state index contributed by atoms with van der Waals surface area (Å²) in [6, 6.07) is 14.5. The van der Waals surface area contributed by atoms with Gasteiger partial charge in [-0.05, 0) is 48.6 Å². The number of benzene rings is 2. The van der Waals surface area contributed by atoms with Gasteiger partial charge in [0.2, 0.25) is 0 Å². The fourth-order valence-corrected chi connectivity index (χ4v) is 2.47. The van der Waals surface area contributed by atoms with Crippen molar-refractivity contribution in [3.63, 3.8) is 0 Å². The van der Waals surface area contributed by atoms with Gasteiger partial charge in [-0.15, -0.1) is 0 Å². The van der Waals surface area contributed by atoms with Crippen molar-refractivity contribution in [2.75, 3.05) is 12.4 Å². The van der Waals surface area contributed by atoms with E-state index in [1.165, 1.54) is 7.11 Å². The van der Waals surface area contributed by atoms with Gasteiger partial charge in [-0.1, -0.05) is 12.1 Å². The third-order valence-electron chi connectivity index (χ3n) is 3.63. The normalized spacial score (nSPS) is 10.4. The van der Waals surface area contributed by atoms with Gasteiger partial charge in [0, 0.05) is 18.3 Å². The molecule has 1 amide bonds. The average Bonchev–Trinajstić information content (AvgIpc) is 2.95. The first-order chi connectivity index (χ1) is 11.6. The summed E-state index contributed by atoms with van der Waals surface area (Å²) in [6.07, 6.45) is 0. The Bertz CT molecular complexity index is 928. The lowest BCUT2D eigenvalue weighted by Crippen LogP contribution is -2.13. The van der Waals surface area contributed by atoms with Crippen LogP contribution in [0.25, 0.3) is 11.4 Å². The Morgan fingerprint density at radius 3 is 2.54 bits per heavy atom. The maximum Gasteiger partial charge on any atom is 0.259 e. The third kappa shape index (κ3) is 3.07. The number of carbonyl (C=O) groups is 1. The van der Waals surface area contributed by atoms with E-state index >= 15 is 0 Å². The molecule has 0 unspecified atom stereocenters. The number of nitrogens with one attached hydrogen (secondary N) is 2. The molecule has 1 heterocycles. The van der Waals surface area contributed by atoms with E-state index in [1.54, 1.807) is 22.8 Å². The highest BCUT2D eigenvalue weighted by molar-refractivity contribution is 7.71. The SMILES string of the molecule is COc1ccccc1C(=O)Nc1ccc(-c2n[nH]c(=S)n2C)cc1. The van der Waals surface area contributed by atoms with Crippen LogP contribution in [0, 0.1) is 4.77 Å². The van der Waals surface area contributed by atoms with Gasteiger partial charge >= 0.3 is 0 Å². The quantitative estimate of drug-likeness (QED) is 0.714. The van der Waals surface area contributed by atoms with Crippen molar-refractivity contribution in [1.82, 2.24) is 14.8 Å². The third-order valence-corrected chi connectivity index (χ3v) is 4.00. The van der Waals surface area contributed by atoms with Gasteiger partial charge in [-0.25, -0.2) is 0 Å². The molecule has 2 N–H and O–H groups in total. The summed E-state index contributed by atoms with van der Waals surface area (Å²) in [5, 5.41) is 9.79. The summed E-state index contributed by atoms with van der Waals surface area (Å²) in [5.74, 6) is 1.05. The van der Waals surface area contributed by atoms with Crippen LogP contribution in [-0.2, 0) is 7.05 Å². The number of nitrogens with zero attached hydrogens (tertiary/aromatic N) is 2. The zero-order chi connectivity index (χ0) is 17.1. The van der Waals surface area contributed by atoms with Gasteiger partial charge in [0.1, 0.15) is 5.75 Å². The lowest BCUT2D eigenvalue weighted by atomic mass is 10.1. The topological polar surface area (TPSA) is 71.9 Å². The molecule has 0 saturated heterocycles. The fourth-order valence-electron chi connectivity index (χ4n) is 2.34. The van der Waals surface area contributed by atoms with E-state index in [2.05, 4.69) is 15.5 Å². The molecule has 3 aromatic rings. The minimum atomic E-state index is -0.224. The van der Waals surface area contributed by atoms with E-state index in [9.17, 15) is 4.79 Å². The number of amides is 1. The van der Waals surface area contributed by atoms with Gasteiger partial charge in [-0.2, -0.15) is 5.10 Å². The van der Waals surface area contributed by atoms with Crippen LogP contribution in [-0.4, -0.2) is 27.8 Å². The lowest BCUT2D eigenvalue weighted by Gasteiger charge is -2.09. The van der Waals surface area contributed by atoms with Crippen molar-refractivity contribution in [3.8, 4) is 17.1 Å². The van der Waals surface area contributed by atoms with Gasteiger partial charge in [0.05, 0.1) is 12.7 Å². The van der Waals surface area contributed by atoms with Crippen LogP contribution in [0.15, 0.2) is 48.5 Å². The Labute approximate surface area is 144 Å². The molecule has 0 aliphatic heterocycles. The molecule has 1 aromatic heterocycles. The highest BCUT2D eigenvalue weighted by atomic mass is 32.1. The first kappa shape index (κ1) is 15.9. The van der Waals surface area contributed by atoms with Crippen LogP contribution in [0.1, 0.15) is 10.4 Å². The van der Waals surface area contributed by atoms with Crippen molar-refractivity contribution < 1.29 is 9.53 Å². The van der Waals surface area contributed by atoms with Gasteiger partial charge in [-0.3, -0.25) is 9.89 Å². The number of methoxy groups -OCH3 is 1. The maximum absolute atomic E-state index is 12.4. The number of ether oxygens (including phenoxy) is 1. The largest absolute Gasteiger partial charge is 0.496 e. The summed E-state index contributed by atoms with van der Waals surface area (Å²) in [5.41, 5.74) is 2.07. The Hall–Kier alpha value is -2.93. The second-order valence-electron chi connectivity index (χ2n) is 5.14. The molecule has 3 rings (SSSR count). The van der Waals surface area contributed by atoms with Crippen molar-refractivity contribution in [2.24, 2.45) is 7.05 Å². The molecule has 0 bridgehead atoms. The second kappa shape index (κ2) is 6.67. The predicted molar refractivity (Wildman–Crippen MR) is 94.8 cm³/mol. The Kier molecular flexibility index (Phi) is 4.43. The lowest BCUT2D eigenvalue weighted by molar-refractivity contribution is 0.102. The molecule has 0 saturated carbocycles. The zero-order valence-electron chi connectivity index (χ0n) is 13.2. The van der Waals surface area contributed by atoms with Crippen molar-refractivity contribution in [1.29, 1.82) is 0 Å². The number of hydrogen-bond acceptors (Lipinski definition) is 4. The molecule has 0 atom stereocenters. The summed E-state index contributed by atoms with van der Waals surface area (Å²) in [6.45, 7) is 0. The number of rotatable bonds is 4. The number of anilines is 1. The van der Waals surface area contributed by atoms with Gasteiger partial charge in [0.15, 0.2) is 10.6 Å². The summed E-state index contributed by atoms with van der Waals surface area (Å²) in [7, 11) is 3.39. The molecule has 0 spiro atoms. The predicted octanol–water partition coefficient (Wildman–Crippen LogP) is 3.41. The molecule has 0 aliphatic rings. The first-order valence-electron chi connectivity index (χ1n) is 7.26. The molecule has 2 aromatic carbocycles. The van der Waals surface area contributed by atoms with Gasteiger partial charge in [0.25, 0.3) is 5.91 Å². The molecule has 0 radical (unpaired) electrons. The zero-order valence-corrected chi connectivity index (χ0v) is 14.1. The van der Waals surface area contributed by atoms with E-state index in [4.69, 9.17) is 17.0 Å². The van der Waals surface area contributed by atoms with Crippen molar-refractivity contribution >= 4 is 23.8 Å². The molecular weight excluding hydrogens is 324 g/mol. The second-order valence-corrected chi connectivity index (χ2v) is 5.53. The van der Waals surface area contributed by atoms with E-state index in [1.807, 2.05) is 37.4 Å². The molecule has 0 aliphatic carbocycles. The monoisotopic (exact) mass is 340 g/mol. The highest BCUT2D eigenvalue weighted by Gasteiger charge is 2.12. The van der Waals surface area contributed by atoms with E-state index in [-0.39, 0.29) is 5.91 Å². The minimum absolute atomic E-state index is 0.224. The molecule has 122 valence electrons. The van der Waals surface area contributed by atoms with Crippen LogP contribution in [0.3, 0.4) is 0 Å². The number of carbonyl (C=O) groups excluding carboxylic acids is 1. The summed E-state index contributed by atoms with van der Waals surface area (Å²) < 4.78 is 7.56. The first-order valence-corrected chi connectivity index (χ1v) is 7.67. The van der Waals surface area contributed by atoms with E-state index in [0.29, 0.717) is 21.8 Å². The standard InChI is InChI=1S/C17H16N4O2S/c1-21-15(19-20-17(21)24)11-7-9-12(10-8-11)18-16(22)13-5-3-4-6-14(13)23-2/h3-10H,1-2H3,(H,18,22)(H,20,24). The fraction of sp³-hybridized carbons (Fsp3) is 0.118. The van der Waals surface area contributed by atoms with Gasteiger partial charge < -0.3 is 14.6 Å². The number of para-hydroxylation sites is 1. The van der Waals surface area contributed by atoms with Crippen LogP contribution >= 0.6 is 12.2 Å². The molecule has 6 nitrogen and oxygen atoms in total. The summed E-state index contributed by atoms with van der Waals surface area (Å²) >= 11 is 5.11.